The smallest absolute Gasteiger partial charge is 0.271 e. The summed E-state index contributed by atoms with van der Waals surface area (Å²) in [5.74, 6) is -0.162. The van der Waals surface area contributed by atoms with Gasteiger partial charge in [-0.2, -0.15) is 5.10 Å². The molecule has 0 aliphatic heterocycles. The van der Waals surface area contributed by atoms with Gasteiger partial charge in [-0.05, 0) is 61.2 Å². The van der Waals surface area contributed by atoms with E-state index in [0.29, 0.717) is 17.3 Å². The van der Waals surface area contributed by atoms with Crippen LogP contribution in [0.3, 0.4) is 0 Å². The van der Waals surface area contributed by atoms with Crippen molar-refractivity contribution in [1.29, 1.82) is 0 Å². The Labute approximate surface area is 158 Å². The van der Waals surface area contributed by atoms with E-state index in [2.05, 4.69) is 42.5 Å². The van der Waals surface area contributed by atoms with Crippen LogP contribution in [-0.2, 0) is 13.5 Å². The third-order valence-corrected chi connectivity index (χ3v) is 4.78. The summed E-state index contributed by atoms with van der Waals surface area (Å²) in [4.78, 5) is 12.4. The fraction of sp³-hybridized carbons (Fsp3) is 0.238. The lowest BCUT2D eigenvalue weighted by Gasteiger charge is -2.05. The summed E-state index contributed by atoms with van der Waals surface area (Å²) >= 11 is 5.88. The monoisotopic (exact) mass is 367 g/mol. The number of halogens is 1. The minimum atomic E-state index is -0.162. The molecule has 3 aromatic rings. The van der Waals surface area contributed by atoms with Crippen molar-refractivity contribution in [2.24, 2.45) is 7.05 Å². The SMILES string of the molecule is Cc1ccc(-c2cc(C(=O)NCCc3ccc(Cl)cc3)nn2C)cc1C. The van der Waals surface area contributed by atoms with Gasteiger partial charge in [0.2, 0.25) is 0 Å². The first-order valence-corrected chi connectivity index (χ1v) is 8.96. The topological polar surface area (TPSA) is 46.9 Å². The zero-order valence-corrected chi connectivity index (χ0v) is 16.0. The number of aromatic nitrogens is 2. The van der Waals surface area contributed by atoms with Crippen molar-refractivity contribution in [2.45, 2.75) is 20.3 Å². The molecule has 1 amide bonds. The molecule has 134 valence electrons. The predicted molar refractivity (Wildman–Crippen MR) is 106 cm³/mol. The molecule has 1 aromatic heterocycles. The summed E-state index contributed by atoms with van der Waals surface area (Å²) in [6, 6.07) is 15.7. The molecule has 0 saturated carbocycles. The molecule has 0 radical (unpaired) electrons. The summed E-state index contributed by atoms with van der Waals surface area (Å²) in [7, 11) is 1.86. The van der Waals surface area contributed by atoms with E-state index in [-0.39, 0.29) is 5.91 Å². The fourth-order valence-corrected chi connectivity index (χ4v) is 2.94. The molecular weight excluding hydrogens is 346 g/mol. The average molecular weight is 368 g/mol. The van der Waals surface area contributed by atoms with Gasteiger partial charge in [0, 0.05) is 24.2 Å². The van der Waals surface area contributed by atoms with Crippen LogP contribution in [-0.4, -0.2) is 22.2 Å². The highest BCUT2D eigenvalue weighted by Gasteiger charge is 2.14. The summed E-state index contributed by atoms with van der Waals surface area (Å²) in [5, 5.41) is 8.00. The van der Waals surface area contributed by atoms with Crippen molar-refractivity contribution in [2.75, 3.05) is 6.54 Å². The highest BCUT2D eigenvalue weighted by atomic mass is 35.5. The second-order valence-corrected chi connectivity index (χ2v) is 6.91. The maximum Gasteiger partial charge on any atom is 0.271 e. The molecule has 26 heavy (non-hydrogen) atoms. The van der Waals surface area contributed by atoms with Gasteiger partial charge in [-0.3, -0.25) is 9.48 Å². The van der Waals surface area contributed by atoms with E-state index in [1.165, 1.54) is 11.1 Å². The average Bonchev–Trinajstić information content (AvgIpc) is 3.01. The second-order valence-electron chi connectivity index (χ2n) is 6.47. The molecule has 4 nitrogen and oxygen atoms in total. The fourth-order valence-electron chi connectivity index (χ4n) is 2.81. The Hall–Kier alpha value is -2.59. The zero-order valence-electron chi connectivity index (χ0n) is 15.2. The number of rotatable bonds is 5. The molecular formula is C21H22ClN3O. The van der Waals surface area contributed by atoms with Gasteiger partial charge >= 0.3 is 0 Å². The quantitative estimate of drug-likeness (QED) is 0.729. The third-order valence-electron chi connectivity index (χ3n) is 4.53. The Bertz CT molecular complexity index is 929. The molecule has 0 atom stereocenters. The first kappa shape index (κ1) is 18.2. The van der Waals surface area contributed by atoms with Crippen LogP contribution in [0.4, 0.5) is 0 Å². The minimum absolute atomic E-state index is 0.162. The summed E-state index contributed by atoms with van der Waals surface area (Å²) < 4.78 is 1.75. The van der Waals surface area contributed by atoms with E-state index < -0.39 is 0 Å². The molecule has 0 unspecified atom stereocenters. The number of hydrogen-bond donors (Lipinski definition) is 1. The highest BCUT2D eigenvalue weighted by Crippen LogP contribution is 2.22. The first-order valence-electron chi connectivity index (χ1n) is 8.58. The molecule has 5 heteroatoms. The van der Waals surface area contributed by atoms with Crippen molar-refractivity contribution >= 4 is 17.5 Å². The molecule has 2 aromatic carbocycles. The van der Waals surface area contributed by atoms with Gasteiger partial charge in [0.15, 0.2) is 5.69 Å². The lowest BCUT2D eigenvalue weighted by atomic mass is 10.0. The molecule has 0 bridgehead atoms. The van der Waals surface area contributed by atoms with E-state index in [1.54, 1.807) is 4.68 Å². The van der Waals surface area contributed by atoms with Crippen LogP contribution >= 0.6 is 11.6 Å². The maximum absolute atomic E-state index is 12.4. The zero-order chi connectivity index (χ0) is 18.7. The largest absolute Gasteiger partial charge is 0.350 e. The number of nitrogens with one attached hydrogen (secondary N) is 1. The third kappa shape index (κ3) is 4.14. The molecule has 1 N–H and O–H groups in total. The molecule has 1 heterocycles. The van der Waals surface area contributed by atoms with Crippen molar-refractivity contribution in [1.82, 2.24) is 15.1 Å². The summed E-state index contributed by atoms with van der Waals surface area (Å²) in [6.45, 7) is 4.72. The normalized spacial score (nSPS) is 10.8. The number of amides is 1. The first-order chi connectivity index (χ1) is 12.4. The lowest BCUT2D eigenvalue weighted by Crippen LogP contribution is -2.26. The van der Waals surface area contributed by atoms with Crippen LogP contribution in [0.25, 0.3) is 11.3 Å². The predicted octanol–water partition coefficient (Wildman–Crippen LogP) is 4.33. The van der Waals surface area contributed by atoms with E-state index in [9.17, 15) is 4.79 Å². The van der Waals surface area contributed by atoms with Gasteiger partial charge in [0.05, 0.1) is 5.69 Å². The molecule has 0 aliphatic rings. The standard InChI is InChI=1S/C21H22ClN3O/c1-14-4-7-17(12-15(14)2)20-13-19(24-25(20)3)21(26)23-11-10-16-5-8-18(22)9-6-16/h4-9,12-13H,10-11H2,1-3H3,(H,23,26). The maximum atomic E-state index is 12.4. The Morgan fingerprint density at radius 2 is 1.81 bits per heavy atom. The number of aryl methyl sites for hydroxylation is 3. The molecule has 3 rings (SSSR count). The van der Waals surface area contributed by atoms with Crippen LogP contribution in [0.5, 0.6) is 0 Å². The van der Waals surface area contributed by atoms with Gasteiger partial charge in [-0.15, -0.1) is 0 Å². The van der Waals surface area contributed by atoms with Crippen molar-refractivity contribution in [3.05, 3.63) is 75.9 Å². The van der Waals surface area contributed by atoms with Crippen molar-refractivity contribution in [3.63, 3.8) is 0 Å². The molecule has 0 fully saturated rings. The van der Waals surface area contributed by atoms with E-state index in [0.717, 1.165) is 23.2 Å². The van der Waals surface area contributed by atoms with Crippen LogP contribution in [0.1, 0.15) is 27.2 Å². The molecule has 0 spiro atoms. The molecule has 0 aliphatic carbocycles. The second kappa shape index (κ2) is 7.75. The van der Waals surface area contributed by atoms with Crippen LogP contribution in [0, 0.1) is 13.8 Å². The van der Waals surface area contributed by atoms with Gasteiger partial charge in [0.25, 0.3) is 5.91 Å². The number of carbonyl (C=O) groups excluding carboxylic acids is 1. The summed E-state index contributed by atoms with van der Waals surface area (Å²) in [5.41, 5.74) is 6.01. The highest BCUT2D eigenvalue weighted by molar-refractivity contribution is 6.30. The van der Waals surface area contributed by atoms with E-state index >= 15 is 0 Å². The Morgan fingerprint density at radius 1 is 1.08 bits per heavy atom. The van der Waals surface area contributed by atoms with Crippen LogP contribution in [0.15, 0.2) is 48.5 Å². The van der Waals surface area contributed by atoms with Gasteiger partial charge in [0.1, 0.15) is 0 Å². The van der Waals surface area contributed by atoms with Crippen LogP contribution < -0.4 is 5.32 Å². The number of hydrogen-bond acceptors (Lipinski definition) is 2. The number of benzene rings is 2. The van der Waals surface area contributed by atoms with Crippen LogP contribution in [0.2, 0.25) is 5.02 Å². The van der Waals surface area contributed by atoms with Gasteiger partial charge < -0.3 is 5.32 Å². The van der Waals surface area contributed by atoms with Gasteiger partial charge in [-0.1, -0.05) is 35.9 Å². The van der Waals surface area contributed by atoms with Crippen molar-refractivity contribution in [3.8, 4) is 11.3 Å². The number of nitrogens with zero attached hydrogens (tertiary/aromatic N) is 2. The Morgan fingerprint density at radius 3 is 2.50 bits per heavy atom. The Kier molecular flexibility index (Phi) is 5.43. The van der Waals surface area contributed by atoms with Gasteiger partial charge in [-0.25, -0.2) is 0 Å². The molecule has 0 saturated heterocycles. The number of carbonyl (C=O) groups is 1. The van der Waals surface area contributed by atoms with E-state index in [1.807, 2.05) is 37.4 Å². The Balaban J connectivity index is 1.66. The van der Waals surface area contributed by atoms with Crippen molar-refractivity contribution < 1.29 is 4.79 Å². The lowest BCUT2D eigenvalue weighted by molar-refractivity contribution is 0.0948. The minimum Gasteiger partial charge on any atom is -0.350 e. The summed E-state index contributed by atoms with van der Waals surface area (Å²) in [6.07, 6.45) is 0.750. The van der Waals surface area contributed by atoms with E-state index in [4.69, 9.17) is 11.6 Å².